The van der Waals surface area contributed by atoms with E-state index in [1.165, 1.54) is 0 Å². The molecule has 0 fully saturated rings. The normalized spacial score (nSPS) is 12.2. The molecule has 1 aliphatic rings. The highest BCUT2D eigenvalue weighted by molar-refractivity contribution is 5.99. The van der Waals surface area contributed by atoms with Crippen molar-refractivity contribution in [3.05, 3.63) is 64.7 Å². The van der Waals surface area contributed by atoms with Gasteiger partial charge in [-0.1, -0.05) is 25.5 Å². The molecule has 3 rings (SSSR count). The predicted octanol–water partition coefficient (Wildman–Crippen LogP) is 4.40. The zero-order valence-electron chi connectivity index (χ0n) is 18.3. The Balaban J connectivity index is 1.65. The van der Waals surface area contributed by atoms with E-state index in [2.05, 4.69) is 13.0 Å². The highest BCUT2D eigenvalue weighted by atomic mass is 16.5. The summed E-state index contributed by atoms with van der Waals surface area (Å²) in [4.78, 5) is 29.3. The molecule has 0 N–H and O–H groups in total. The van der Waals surface area contributed by atoms with Crippen molar-refractivity contribution in [3.8, 4) is 11.8 Å². The fourth-order valence-corrected chi connectivity index (χ4v) is 3.63. The number of amides is 2. The van der Waals surface area contributed by atoms with E-state index < -0.39 is 0 Å². The van der Waals surface area contributed by atoms with E-state index >= 15 is 0 Å². The van der Waals surface area contributed by atoms with Gasteiger partial charge in [-0.3, -0.25) is 9.59 Å². The molecular weight excluding hydrogens is 390 g/mol. The number of hydrogen-bond donors (Lipinski definition) is 0. The molecular formula is C25H29N3O3. The number of benzene rings is 2. The number of nitriles is 1. The second-order valence-electron chi connectivity index (χ2n) is 7.86. The van der Waals surface area contributed by atoms with Crippen molar-refractivity contribution in [1.29, 1.82) is 5.26 Å². The fraction of sp³-hybridized carbons (Fsp3) is 0.400. The van der Waals surface area contributed by atoms with Gasteiger partial charge in [0.15, 0.2) is 0 Å². The van der Waals surface area contributed by atoms with Crippen LogP contribution in [0, 0.1) is 11.3 Å². The van der Waals surface area contributed by atoms with E-state index in [1.54, 1.807) is 41.1 Å². The van der Waals surface area contributed by atoms with Crippen LogP contribution in [0.5, 0.6) is 5.75 Å². The Bertz CT molecular complexity index is 980. The summed E-state index contributed by atoms with van der Waals surface area (Å²) in [6, 6.07) is 15.0. The number of unbranched alkanes of at least 4 members (excludes halogenated alkanes) is 2. The van der Waals surface area contributed by atoms with Crippen molar-refractivity contribution in [2.45, 2.75) is 45.7 Å². The lowest BCUT2D eigenvalue weighted by molar-refractivity contribution is 0.0751. The molecule has 31 heavy (non-hydrogen) atoms. The van der Waals surface area contributed by atoms with E-state index in [0.29, 0.717) is 50.2 Å². The van der Waals surface area contributed by atoms with Gasteiger partial charge in [-0.2, -0.15) is 5.26 Å². The van der Waals surface area contributed by atoms with Crippen LogP contribution in [0.2, 0.25) is 0 Å². The monoisotopic (exact) mass is 419 g/mol. The lowest BCUT2D eigenvalue weighted by Crippen LogP contribution is -2.29. The van der Waals surface area contributed by atoms with Gasteiger partial charge in [0.1, 0.15) is 5.75 Å². The number of hydrogen-bond acceptors (Lipinski definition) is 4. The molecule has 0 aromatic heterocycles. The van der Waals surface area contributed by atoms with Crippen LogP contribution in [0.3, 0.4) is 0 Å². The Morgan fingerprint density at radius 1 is 1.10 bits per heavy atom. The number of nitrogens with zero attached hydrogens (tertiary/aromatic N) is 3. The molecule has 2 aromatic carbocycles. The Hall–Kier alpha value is -3.33. The molecule has 6 nitrogen and oxygen atoms in total. The molecule has 1 aliphatic heterocycles. The van der Waals surface area contributed by atoms with Crippen LogP contribution in [-0.2, 0) is 13.1 Å². The van der Waals surface area contributed by atoms with Gasteiger partial charge in [-0.05, 0) is 54.3 Å². The number of carbonyl (C=O) groups excluding carboxylic acids is 2. The molecule has 0 atom stereocenters. The van der Waals surface area contributed by atoms with E-state index in [4.69, 9.17) is 10.00 Å². The SMILES string of the molecule is CCCCN(C)C(=O)c1cccc(C(=O)N2Cc3ccc(OCCCC#N)cc3C2)c1. The average Bonchev–Trinajstić information content (AvgIpc) is 3.22. The van der Waals surface area contributed by atoms with E-state index in [9.17, 15) is 9.59 Å². The smallest absolute Gasteiger partial charge is 0.254 e. The van der Waals surface area contributed by atoms with Gasteiger partial charge in [0.05, 0.1) is 12.7 Å². The zero-order chi connectivity index (χ0) is 22.2. The molecule has 0 unspecified atom stereocenters. The van der Waals surface area contributed by atoms with Gasteiger partial charge in [-0.25, -0.2) is 0 Å². The maximum atomic E-state index is 13.1. The van der Waals surface area contributed by atoms with Crippen molar-refractivity contribution in [2.75, 3.05) is 20.2 Å². The van der Waals surface area contributed by atoms with Crippen LogP contribution in [0.15, 0.2) is 42.5 Å². The molecule has 0 saturated heterocycles. The van der Waals surface area contributed by atoms with Crippen LogP contribution in [0.1, 0.15) is 64.4 Å². The van der Waals surface area contributed by atoms with Crippen LogP contribution in [0.4, 0.5) is 0 Å². The van der Waals surface area contributed by atoms with Gasteiger partial charge in [0, 0.05) is 44.2 Å². The summed E-state index contributed by atoms with van der Waals surface area (Å²) >= 11 is 0. The Morgan fingerprint density at radius 3 is 2.65 bits per heavy atom. The standard InChI is InChI=1S/C25H29N3O3/c1-3-4-13-27(2)24(29)19-8-7-9-20(15-19)25(30)28-17-21-10-11-23(16-22(21)18-28)31-14-6-5-12-26/h7-11,15-16H,3-6,13-14,17-18H2,1-2H3. The minimum absolute atomic E-state index is 0.0639. The van der Waals surface area contributed by atoms with Crippen molar-refractivity contribution in [1.82, 2.24) is 9.80 Å². The third kappa shape index (κ3) is 5.64. The van der Waals surface area contributed by atoms with Crippen molar-refractivity contribution < 1.29 is 14.3 Å². The third-order valence-electron chi connectivity index (χ3n) is 5.44. The highest BCUT2D eigenvalue weighted by Gasteiger charge is 2.25. The van der Waals surface area contributed by atoms with Gasteiger partial charge in [0.2, 0.25) is 0 Å². The number of fused-ring (bicyclic) bond motifs is 1. The zero-order valence-corrected chi connectivity index (χ0v) is 18.3. The third-order valence-corrected chi connectivity index (χ3v) is 5.44. The largest absolute Gasteiger partial charge is 0.494 e. The lowest BCUT2D eigenvalue weighted by Gasteiger charge is -2.18. The van der Waals surface area contributed by atoms with Crippen molar-refractivity contribution in [2.24, 2.45) is 0 Å². The van der Waals surface area contributed by atoms with Crippen LogP contribution >= 0.6 is 0 Å². The topological polar surface area (TPSA) is 73.6 Å². The Kier molecular flexibility index (Phi) is 7.66. The first-order chi connectivity index (χ1) is 15.0. The molecule has 6 heteroatoms. The van der Waals surface area contributed by atoms with E-state index in [1.807, 2.05) is 18.2 Å². The number of carbonyl (C=O) groups is 2. The molecule has 0 saturated carbocycles. The Morgan fingerprint density at radius 2 is 1.87 bits per heavy atom. The second kappa shape index (κ2) is 10.6. The fourth-order valence-electron chi connectivity index (χ4n) is 3.63. The van der Waals surface area contributed by atoms with Crippen LogP contribution in [0.25, 0.3) is 0 Å². The minimum Gasteiger partial charge on any atom is -0.494 e. The summed E-state index contributed by atoms with van der Waals surface area (Å²) in [5.41, 5.74) is 3.23. The first kappa shape index (κ1) is 22.4. The highest BCUT2D eigenvalue weighted by Crippen LogP contribution is 2.28. The predicted molar refractivity (Wildman–Crippen MR) is 119 cm³/mol. The second-order valence-corrected chi connectivity index (χ2v) is 7.86. The Labute approximate surface area is 184 Å². The molecule has 0 bridgehead atoms. The first-order valence-corrected chi connectivity index (χ1v) is 10.8. The quantitative estimate of drug-likeness (QED) is 0.565. The molecule has 0 aliphatic carbocycles. The van der Waals surface area contributed by atoms with Gasteiger partial charge in [-0.15, -0.1) is 0 Å². The molecule has 2 aromatic rings. The minimum atomic E-state index is -0.0847. The molecule has 162 valence electrons. The molecule has 0 radical (unpaired) electrons. The van der Waals surface area contributed by atoms with Gasteiger partial charge < -0.3 is 14.5 Å². The summed E-state index contributed by atoms with van der Waals surface area (Å²) in [7, 11) is 1.80. The summed E-state index contributed by atoms with van der Waals surface area (Å²) in [6.45, 7) is 4.35. The van der Waals surface area contributed by atoms with Crippen molar-refractivity contribution >= 4 is 11.8 Å². The number of ether oxygens (including phenoxy) is 1. The maximum absolute atomic E-state index is 13.1. The summed E-state index contributed by atoms with van der Waals surface area (Å²) < 4.78 is 5.71. The van der Waals surface area contributed by atoms with Crippen molar-refractivity contribution in [3.63, 3.8) is 0 Å². The maximum Gasteiger partial charge on any atom is 0.254 e. The van der Waals surface area contributed by atoms with Crippen LogP contribution < -0.4 is 4.74 Å². The summed E-state index contributed by atoms with van der Waals surface area (Å²) in [5.74, 6) is 0.609. The van der Waals surface area contributed by atoms with Gasteiger partial charge in [0.25, 0.3) is 11.8 Å². The average molecular weight is 420 g/mol. The van der Waals surface area contributed by atoms with E-state index in [-0.39, 0.29) is 11.8 Å². The molecule has 1 heterocycles. The number of rotatable bonds is 9. The summed E-state index contributed by atoms with van der Waals surface area (Å²) in [5, 5.41) is 8.61. The lowest BCUT2D eigenvalue weighted by atomic mass is 10.1. The molecule has 0 spiro atoms. The van der Waals surface area contributed by atoms with Crippen LogP contribution in [-0.4, -0.2) is 41.8 Å². The molecule has 2 amide bonds. The van der Waals surface area contributed by atoms with E-state index in [0.717, 1.165) is 29.7 Å². The first-order valence-electron chi connectivity index (χ1n) is 10.8. The summed E-state index contributed by atoms with van der Waals surface area (Å²) in [6.07, 6.45) is 3.15. The van der Waals surface area contributed by atoms with Gasteiger partial charge >= 0.3 is 0 Å².